The summed E-state index contributed by atoms with van der Waals surface area (Å²) < 4.78 is 2.00. The fraction of sp³-hybridized carbons (Fsp3) is 0.615. The zero-order chi connectivity index (χ0) is 12.6. The third-order valence-corrected chi connectivity index (χ3v) is 3.53. The molecular weight excluding hydrogens is 216 g/mol. The van der Waals surface area contributed by atoms with Crippen molar-refractivity contribution >= 4 is 5.91 Å². The quantitative estimate of drug-likeness (QED) is 0.846. The van der Waals surface area contributed by atoms with Crippen LogP contribution in [0.15, 0.2) is 12.3 Å². The number of hydrogen-bond acceptors (Lipinski definition) is 2. The van der Waals surface area contributed by atoms with Gasteiger partial charge in [0.25, 0.3) is 0 Å². The molecule has 0 bridgehead atoms. The van der Waals surface area contributed by atoms with E-state index >= 15 is 0 Å². The van der Waals surface area contributed by atoms with Crippen molar-refractivity contribution in [1.82, 2.24) is 9.47 Å². The number of rotatable bonds is 2. The van der Waals surface area contributed by atoms with Crippen LogP contribution in [0.2, 0.25) is 0 Å². The number of aliphatic hydroxyl groups excluding tert-OH is 1. The summed E-state index contributed by atoms with van der Waals surface area (Å²) >= 11 is 0. The van der Waals surface area contributed by atoms with Crippen molar-refractivity contribution in [2.75, 3.05) is 14.1 Å². The normalized spacial score (nSPS) is 20.8. The fourth-order valence-corrected chi connectivity index (χ4v) is 2.55. The van der Waals surface area contributed by atoms with Gasteiger partial charge in [-0.3, -0.25) is 4.79 Å². The average molecular weight is 236 g/mol. The van der Waals surface area contributed by atoms with Gasteiger partial charge in [-0.1, -0.05) is 0 Å². The van der Waals surface area contributed by atoms with Crippen LogP contribution in [-0.2, 0) is 11.2 Å². The molecule has 1 aromatic rings. The molecule has 4 heteroatoms. The molecule has 0 aliphatic heterocycles. The number of fused-ring (bicyclic) bond motifs is 1. The molecule has 0 saturated carbocycles. The standard InChI is InChI=1S/C13H20N2O2/c1-9(13(17)14(2)3)15-8-7-10-11(15)5-4-6-12(10)16/h7-9,12,16H,4-6H2,1-3H3. The van der Waals surface area contributed by atoms with E-state index in [0.29, 0.717) is 0 Å². The lowest BCUT2D eigenvalue weighted by molar-refractivity contribution is -0.131. The van der Waals surface area contributed by atoms with Crippen LogP contribution in [0.4, 0.5) is 0 Å². The third kappa shape index (κ3) is 2.09. The maximum atomic E-state index is 12.0. The molecule has 1 amide bonds. The molecule has 0 spiro atoms. The first-order valence-corrected chi connectivity index (χ1v) is 6.11. The SMILES string of the molecule is CC(C(=O)N(C)C)n1ccc2c1CCCC2O. The van der Waals surface area contributed by atoms with E-state index < -0.39 is 0 Å². The highest BCUT2D eigenvalue weighted by Crippen LogP contribution is 2.32. The second kappa shape index (κ2) is 4.53. The Hall–Kier alpha value is -1.29. The van der Waals surface area contributed by atoms with Crippen molar-refractivity contribution in [3.05, 3.63) is 23.5 Å². The summed E-state index contributed by atoms with van der Waals surface area (Å²) in [5.74, 6) is 0.0865. The van der Waals surface area contributed by atoms with E-state index in [4.69, 9.17) is 0 Å². The molecular formula is C13H20N2O2. The summed E-state index contributed by atoms with van der Waals surface area (Å²) in [5.41, 5.74) is 2.11. The van der Waals surface area contributed by atoms with E-state index in [1.807, 2.05) is 23.8 Å². The number of hydrogen-bond donors (Lipinski definition) is 1. The predicted octanol–water partition coefficient (Wildman–Crippen LogP) is 1.51. The van der Waals surface area contributed by atoms with Crippen LogP contribution in [0.25, 0.3) is 0 Å². The van der Waals surface area contributed by atoms with Gasteiger partial charge in [-0.2, -0.15) is 0 Å². The summed E-state index contributed by atoms with van der Waals surface area (Å²) in [5, 5.41) is 9.90. The summed E-state index contributed by atoms with van der Waals surface area (Å²) in [6.45, 7) is 1.91. The van der Waals surface area contributed by atoms with Crippen molar-refractivity contribution in [3.63, 3.8) is 0 Å². The van der Waals surface area contributed by atoms with Gasteiger partial charge in [0.1, 0.15) is 6.04 Å². The monoisotopic (exact) mass is 236 g/mol. The molecule has 1 aromatic heterocycles. The molecule has 1 aliphatic rings. The molecule has 1 aliphatic carbocycles. The van der Waals surface area contributed by atoms with Gasteiger partial charge in [0.05, 0.1) is 6.10 Å². The van der Waals surface area contributed by atoms with Gasteiger partial charge in [-0.15, -0.1) is 0 Å². The van der Waals surface area contributed by atoms with E-state index in [0.717, 1.165) is 30.5 Å². The number of likely N-dealkylation sites (N-methyl/N-ethyl adjacent to an activating group) is 1. The van der Waals surface area contributed by atoms with Crippen molar-refractivity contribution in [2.24, 2.45) is 0 Å². The van der Waals surface area contributed by atoms with Crippen LogP contribution >= 0.6 is 0 Å². The maximum absolute atomic E-state index is 12.0. The van der Waals surface area contributed by atoms with Crippen molar-refractivity contribution in [2.45, 2.75) is 38.3 Å². The van der Waals surface area contributed by atoms with Crippen molar-refractivity contribution in [3.8, 4) is 0 Å². The van der Waals surface area contributed by atoms with E-state index in [9.17, 15) is 9.90 Å². The largest absolute Gasteiger partial charge is 0.388 e. The number of aliphatic hydroxyl groups is 1. The van der Waals surface area contributed by atoms with E-state index in [-0.39, 0.29) is 18.1 Å². The van der Waals surface area contributed by atoms with E-state index in [1.165, 1.54) is 0 Å². The first kappa shape index (κ1) is 12.2. The number of carbonyl (C=O) groups is 1. The fourth-order valence-electron chi connectivity index (χ4n) is 2.55. The molecule has 0 aromatic carbocycles. The van der Waals surface area contributed by atoms with Crippen LogP contribution in [-0.4, -0.2) is 34.6 Å². The molecule has 1 heterocycles. The number of aromatic nitrogens is 1. The van der Waals surface area contributed by atoms with E-state index in [1.54, 1.807) is 19.0 Å². The lowest BCUT2D eigenvalue weighted by Crippen LogP contribution is -2.30. The zero-order valence-corrected chi connectivity index (χ0v) is 10.7. The highest BCUT2D eigenvalue weighted by Gasteiger charge is 2.25. The highest BCUT2D eigenvalue weighted by molar-refractivity contribution is 5.79. The lowest BCUT2D eigenvalue weighted by atomic mass is 9.95. The van der Waals surface area contributed by atoms with Gasteiger partial charge < -0.3 is 14.6 Å². The molecule has 94 valence electrons. The number of nitrogens with zero attached hydrogens (tertiary/aromatic N) is 2. The number of amides is 1. The van der Waals surface area contributed by atoms with Gasteiger partial charge in [0, 0.05) is 31.5 Å². The van der Waals surface area contributed by atoms with Gasteiger partial charge in [-0.25, -0.2) is 0 Å². The van der Waals surface area contributed by atoms with E-state index in [2.05, 4.69) is 0 Å². The lowest BCUT2D eigenvalue weighted by Gasteiger charge is -2.24. The molecule has 0 fully saturated rings. The van der Waals surface area contributed by atoms with Gasteiger partial charge in [-0.05, 0) is 32.3 Å². The molecule has 2 unspecified atom stereocenters. The minimum Gasteiger partial charge on any atom is -0.388 e. The molecule has 2 rings (SSSR count). The third-order valence-electron chi connectivity index (χ3n) is 3.53. The Bertz CT molecular complexity index is 423. The summed E-state index contributed by atoms with van der Waals surface area (Å²) in [6.07, 6.45) is 4.32. The topological polar surface area (TPSA) is 45.5 Å². The van der Waals surface area contributed by atoms with Gasteiger partial charge in [0.15, 0.2) is 0 Å². The summed E-state index contributed by atoms with van der Waals surface area (Å²) in [7, 11) is 3.53. The maximum Gasteiger partial charge on any atom is 0.244 e. The second-order valence-corrected chi connectivity index (χ2v) is 4.94. The molecule has 1 N–H and O–H groups in total. The average Bonchev–Trinajstić information content (AvgIpc) is 2.72. The van der Waals surface area contributed by atoms with Crippen LogP contribution in [0.3, 0.4) is 0 Å². The van der Waals surface area contributed by atoms with Crippen LogP contribution < -0.4 is 0 Å². The molecule has 2 atom stereocenters. The highest BCUT2D eigenvalue weighted by atomic mass is 16.3. The van der Waals surface area contributed by atoms with Crippen LogP contribution in [0, 0.1) is 0 Å². The Morgan fingerprint density at radius 3 is 2.94 bits per heavy atom. The summed E-state index contributed by atoms with van der Waals surface area (Å²) in [6, 6.07) is 1.75. The molecule has 0 saturated heterocycles. The van der Waals surface area contributed by atoms with Crippen molar-refractivity contribution < 1.29 is 9.90 Å². The van der Waals surface area contributed by atoms with Gasteiger partial charge in [0.2, 0.25) is 5.91 Å². The molecule has 17 heavy (non-hydrogen) atoms. The van der Waals surface area contributed by atoms with Crippen LogP contribution in [0.1, 0.15) is 43.2 Å². The Morgan fingerprint density at radius 2 is 2.29 bits per heavy atom. The Kier molecular flexibility index (Phi) is 3.24. The first-order valence-electron chi connectivity index (χ1n) is 6.11. The minimum atomic E-state index is -0.360. The van der Waals surface area contributed by atoms with Gasteiger partial charge >= 0.3 is 0 Å². The second-order valence-electron chi connectivity index (χ2n) is 4.94. The minimum absolute atomic E-state index is 0.0865. The number of carbonyl (C=O) groups excluding carboxylic acids is 1. The Morgan fingerprint density at radius 1 is 1.59 bits per heavy atom. The molecule has 0 radical (unpaired) electrons. The first-order chi connectivity index (χ1) is 8.02. The smallest absolute Gasteiger partial charge is 0.244 e. The summed E-state index contributed by atoms with van der Waals surface area (Å²) in [4.78, 5) is 13.6. The van der Waals surface area contributed by atoms with Crippen LogP contribution in [0.5, 0.6) is 0 Å². The Balaban J connectivity index is 2.31. The Labute approximate surface area is 102 Å². The zero-order valence-electron chi connectivity index (χ0n) is 10.7. The molecule has 4 nitrogen and oxygen atoms in total. The van der Waals surface area contributed by atoms with Crippen molar-refractivity contribution in [1.29, 1.82) is 0 Å². The predicted molar refractivity (Wildman–Crippen MR) is 65.7 cm³/mol.